The van der Waals surface area contributed by atoms with Gasteiger partial charge in [0.05, 0.1) is 0 Å². The molecular weight excluding hydrogens is 314 g/mol. The van der Waals surface area contributed by atoms with Crippen LogP contribution in [0.2, 0.25) is 0 Å². The van der Waals surface area contributed by atoms with Gasteiger partial charge in [0.15, 0.2) is 5.78 Å². The van der Waals surface area contributed by atoms with Gasteiger partial charge in [-0.3, -0.25) is 9.69 Å². The van der Waals surface area contributed by atoms with Gasteiger partial charge in [0, 0.05) is 23.2 Å². The zero-order chi connectivity index (χ0) is 17.8. The molecule has 1 aliphatic carbocycles. The van der Waals surface area contributed by atoms with Crippen molar-refractivity contribution in [2.75, 3.05) is 25.0 Å². The fourth-order valence-electron chi connectivity index (χ4n) is 4.17. The molecule has 1 aromatic rings. The number of primary amides is 1. The summed E-state index contributed by atoms with van der Waals surface area (Å²) in [7, 11) is 2.09. The number of anilines is 1. The van der Waals surface area contributed by atoms with Crippen molar-refractivity contribution in [1.82, 2.24) is 4.90 Å². The first-order chi connectivity index (χ1) is 12.1. The number of benzene rings is 1. The lowest BCUT2D eigenvalue weighted by Gasteiger charge is -2.33. The highest BCUT2D eigenvalue weighted by atomic mass is 16.2. The maximum atomic E-state index is 12.9. The van der Waals surface area contributed by atoms with Crippen LogP contribution in [0.4, 0.5) is 10.5 Å². The van der Waals surface area contributed by atoms with Crippen molar-refractivity contribution in [2.45, 2.75) is 51.0 Å². The summed E-state index contributed by atoms with van der Waals surface area (Å²) in [5.74, 6) is 0.283. The molecule has 2 N–H and O–H groups in total. The molecule has 5 nitrogen and oxygen atoms in total. The highest BCUT2D eigenvalue weighted by molar-refractivity contribution is 6.00. The average molecular weight is 343 g/mol. The van der Waals surface area contributed by atoms with Crippen LogP contribution in [-0.2, 0) is 0 Å². The fourth-order valence-corrected chi connectivity index (χ4v) is 4.17. The summed E-state index contributed by atoms with van der Waals surface area (Å²) in [5, 5.41) is 0. The second kappa shape index (κ2) is 8.00. The number of likely N-dealkylation sites (tertiary alicyclic amines) is 1. The molecule has 1 aliphatic heterocycles. The summed E-state index contributed by atoms with van der Waals surface area (Å²) in [4.78, 5) is 28.9. The van der Waals surface area contributed by atoms with Gasteiger partial charge >= 0.3 is 6.03 Å². The Balaban J connectivity index is 1.79. The highest BCUT2D eigenvalue weighted by Crippen LogP contribution is 2.29. The van der Waals surface area contributed by atoms with E-state index in [4.69, 9.17) is 5.73 Å². The van der Waals surface area contributed by atoms with Gasteiger partial charge in [-0.2, -0.15) is 0 Å². The Morgan fingerprint density at radius 2 is 1.76 bits per heavy atom. The minimum Gasteiger partial charge on any atom is -0.351 e. The number of hydrogen-bond donors (Lipinski definition) is 1. The van der Waals surface area contributed by atoms with E-state index in [1.807, 2.05) is 24.3 Å². The van der Waals surface area contributed by atoms with Crippen molar-refractivity contribution < 1.29 is 9.59 Å². The van der Waals surface area contributed by atoms with Gasteiger partial charge in [0.2, 0.25) is 0 Å². The van der Waals surface area contributed by atoms with E-state index in [1.165, 1.54) is 6.42 Å². The second-order valence-corrected chi connectivity index (χ2v) is 7.49. The van der Waals surface area contributed by atoms with Crippen molar-refractivity contribution in [3.05, 3.63) is 29.8 Å². The minimum atomic E-state index is -0.421. The Hall–Kier alpha value is -1.88. The lowest BCUT2D eigenvalue weighted by atomic mass is 9.88. The molecule has 1 aromatic carbocycles. The third kappa shape index (κ3) is 4.21. The van der Waals surface area contributed by atoms with E-state index < -0.39 is 6.03 Å². The zero-order valence-electron chi connectivity index (χ0n) is 15.1. The fraction of sp³-hybridized carbons (Fsp3) is 0.600. The molecule has 2 fully saturated rings. The number of nitrogens with two attached hydrogens (primary N) is 1. The number of ketones is 1. The molecule has 3 rings (SSSR count). The predicted octanol–water partition coefficient (Wildman–Crippen LogP) is 3.43. The maximum Gasteiger partial charge on any atom is 0.319 e. The van der Waals surface area contributed by atoms with Gasteiger partial charge in [-0.25, -0.2) is 4.79 Å². The van der Waals surface area contributed by atoms with E-state index in [1.54, 1.807) is 4.90 Å². The molecule has 2 aliphatic rings. The third-order valence-electron chi connectivity index (χ3n) is 5.68. The lowest BCUT2D eigenvalue weighted by Crippen LogP contribution is -2.44. The lowest BCUT2D eigenvalue weighted by molar-refractivity contribution is 0.0856. The zero-order valence-corrected chi connectivity index (χ0v) is 15.1. The van der Waals surface area contributed by atoms with Crippen LogP contribution >= 0.6 is 0 Å². The van der Waals surface area contributed by atoms with Crippen LogP contribution in [0.25, 0.3) is 0 Å². The Kier molecular flexibility index (Phi) is 5.74. The number of carbonyl (C=O) groups is 2. The van der Waals surface area contributed by atoms with Crippen LogP contribution < -0.4 is 10.6 Å². The van der Waals surface area contributed by atoms with Gasteiger partial charge < -0.3 is 10.6 Å². The first kappa shape index (κ1) is 17.9. The molecule has 136 valence electrons. The molecule has 1 heterocycles. The molecule has 1 saturated heterocycles. The van der Waals surface area contributed by atoms with E-state index >= 15 is 0 Å². The second-order valence-electron chi connectivity index (χ2n) is 7.49. The molecule has 0 radical (unpaired) electrons. The van der Waals surface area contributed by atoms with E-state index in [-0.39, 0.29) is 17.7 Å². The van der Waals surface area contributed by atoms with Crippen molar-refractivity contribution in [1.29, 1.82) is 0 Å². The standard InChI is InChI=1S/C20H29N3O2/c1-22-12-10-15(11-13-22)19(24)16-6-5-9-18(14-16)23(20(21)25)17-7-3-2-4-8-17/h5-6,9,14-15,17H,2-4,7-8,10-13H2,1H3,(H2,21,25). The summed E-state index contributed by atoms with van der Waals surface area (Å²) < 4.78 is 0. The molecule has 0 atom stereocenters. The number of carbonyl (C=O) groups excluding carboxylic acids is 2. The molecule has 25 heavy (non-hydrogen) atoms. The number of nitrogens with zero attached hydrogens (tertiary/aromatic N) is 2. The van der Waals surface area contributed by atoms with Gasteiger partial charge in [-0.15, -0.1) is 0 Å². The number of urea groups is 1. The smallest absolute Gasteiger partial charge is 0.319 e. The van der Waals surface area contributed by atoms with E-state index in [0.29, 0.717) is 5.56 Å². The number of rotatable bonds is 4. The van der Waals surface area contributed by atoms with Crippen LogP contribution in [-0.4, -0.2) is 42.9 Å². The van der Waals surface area contributed by atoms with Crippen LogP contribution in [0.3, 0.4) is 0 Å². The molecule has 1 saturated carbocycles. The summed E-state index contributed by atoms with van der Waals surface area (Å²) in [6.07, 6.45) is 7.25. The SMILES string of the molecule is CN1CCC(C(=O)c2cccc(N(C(N)=O)C3CCCCC3)c2)CC1. The summed E-state index contributed by atoms with van der Waals surface area (Å²) in [5.41, 5.74) is 7.15. The van der Waals surface area contributed by atoms with E-state index in [2.05, 4.69) is 11.9 Å². The molecule has 0 spiro atoms. The Morgan fingerprint density at radius 3 is 2.40 bits per heavy atom. The van der Waals surface area contributed by atoms with Crippen LogP contribution in [0.5, 0.6) is 0 Å². The van der Waals surface area contributed by atoms with Gasteiger partial charge in [0.25, 0.3) is 0 Å². The van der Waals surface area contributed by atoms with Crippen molar-refractivity contribution >= 4 is 17.5 Å². The van der Waals surface area contributed by atoms with Crippen LogP contribution in [0.1, 0.15) is 55.3 Å². The molecule has 0 aromatic heterocycles. The molecule has 2 amide bonds. The number of hydrogen-bond acceptors (Lipinski definition) is 3. The summed E-state index contributed by atoms with van der Waals surface area (Å²) in [6.45, 7) is 1.93. The quantitative estimate of drug-likeness (QED) is 0.852. The first-order valence-corrected chi connectivity index (χ1v) is 9.48. The largest absolute Gasteiger partial charge is 0.351 e. The Morgan fingerprint density at radius 1 is 1.08 bits per heavy atom. The summed E-state index contributed by atoms with van der Waals surface area (Å²) in [6, 6.07) is 7.22. The molecular formula is C20H29N3O2. The molecule has 0 unspecified atom stereocenters. The third-order valence-corrected chi connectivity index (χ3v) is 5.68. The first-order valence-electron chi connectivity index (χ1n) is 9.48. The van der Waals surface area contributed by atoms with Gasteiger partial charge in [0.1, 0.15) is 0 Å². The van der Waals surface area contributed by atoms with Crippen LogP contribution in [0, 0.1) is 5.92 Å². The Labute approximate surface area is 150 Å². The van der Waals surface area contributed by atoms with Crippen LogP contribution in [0.15, 0.2) is 24.3 Å². The average Bonchev–Trinajstić information content (AvgIpc) is 2.63. The molecule has 0 bridgehead atoms. The normalized spacial score (nSPS) is 20.4. The minimum absolute atomic E-state index is 0.0863. The number of Topliss-reactive ketones (excluding diaryl/α,β-unsaturated/α-hetero) is 1. The summed E-state index contributed by atoms with van der Waals surface area (Å²) >= 11 is 0. The topological polar surface area (TPSA) is 66.6 Å². The molecule has 5 heteroatoms. The predicted molar refractivity (Wildman–Crippen MR) is 99.9 cm³/mol. The number of piperidine rings is 1. The van der Waals surface area contributed by atoms with Gasteiger partial charge in [-0.1, -0.05) is 31.4 Å². The maximum absolute atomic E-state index is 12.9. The van der Waals surface area contributed by atoms with Gasteiger partial charge in [-0.05, 0) is 58.0 Å². The van der Waals surface area contributed by atoms with E-state index in [9.17, 15) is 9.59 Å². The van der Waals surface area contributed by atoms with Crippen molar-refractivity contribution in [3.8, 4) is 0 Å². The van der Waals surface area contributed by atoms with Crippen molar-refractivity contribution in [3.63, 3.8) is 0 Å². The van der Waals surface area contributed by atoms with Crippen molar-refractivity contribution in [2.24, 2.45) is 11.7 Å². The highest BCUT2D eigenvalue weighted by Gasteiger charge is 2.28. The number of amides is 2. The Bertz CT molecular complexity index is 617. The van der Waals surface area contributed by atoms with E-state index in [0.717, 1.165) is 57.3 Å². The monoisotopic (exact) mass is 343 g/mol.